The molecule has 3 aromatic rings. The molecule has 0 aromatic heterocycles. The molecule has 3 aromatic carbocycles. The van der Waals surface area contributed by atoms with Crippen molar-refractivity contribution in [2.45, 2.75) is 62.3 Å². The SMILES string of the molecule is Cc1cc(C)c([O][Bi]([O]c2c(C)cc(C)cc2C)[O]c2c(C)cc(C)cc2C)c(C)c1. The molecule has 0 saturated carbocycles. The van der Waals surface area contributed by atoms with Crippen LogP contribution in [0, 0.1) is 62.3 Å². The second kappa shape index (κ2) is 9.61. The third-order valence-electron chi connectivity index (χ3n) is 5.31. The van der Waals surface area contributed by atoms with Gasteiger partial charge in [0.1, 0.15) is 0 Å². The summed E-state index contributed by atoms with van der Waals surface area (Å²) in [5.74, 6) is 2.65. The summed E-state index contributed by atoms with van der Waals surface area (Å²) in [5.41, 5.74) is 10.3. The van der Waals surface area contributed by atoms with E-state index in [1.165, 1.54) is 16.7 Å². The number of benzene rings is 3. The normalized spacial score (nSPS) is 11.0. The van der Waals surface area contributed by atoms with Gasteiger partial charge in [0.25, 0.3) is 0 Å². The molecule has 0 saturated heterocycles. The monoisotopic (exact) mass is 614 g/mol. The Morgan fingerprint density at radius 3 is 0.774 bits per heavy atom. The van der Waals surface area contributed by atoms with Crippen molar-refractivity contribution in [1.29, 1.82) is 0 Å². The van der Waals surface area contributed by atoms with Gasteiger partial charge in [0.05, 0.1) is 0 Å². The molecule has 0 aliphatic carbocycles. The zero-order valence-electron chi connectivity index (χ0n) is 20.1. The van der Waals surface area contributed by atoms with Gasteiger partial charge in [-0.2, -0.15) is 0 Å². The van der Waals surface area contributed by atoms with Crippen molar-refractivity contribution < 1.29 is 8.44 Å². The van der Waals surface area contributed by atoms with Gasteiger partial charge in [-0.25, -0.2) is 0 Å². The van der Waals surface area contributed by atoms with E-state index in [2.05, 4.69) is 98.7 Å². The van der Waals surface area contributed by atoms with E-state index in [1.54, 1.807) is 0 Å². The van der Waals surface area contributed by atoms with Crippen LogP contribution in [0.1, 0.15) is 50.1 Å². The second-order valence-corrected chi connectivity index (χ2v) is 12.5. The number of rotatable bonds is 6. The molecule has 4 heteroatoms. The van der Waals surface area contributed by atoms with E-state index in [9.17, 15) is 0 Å². The molecule has 0 aliphatic rings. The fourth-order valence-corrected chi connectivity index (χ4v) is 9.74. The maximum atomic E-state index is 6.58. The molecule has 0 N–H and O–H groups in total. The summed E-state index contributed by atoms with van der Waals surface area (Å²) in [6, 6.07) is 12.9. The topological polar surface area (TPSA) is 27.7 Å². The van der Waals surface area contributed by atoms with Crippen molar-refractivity contribution in [2.75, 3.05) is 0 Å². The zero-order valence-corrected chi connectivity index (χ0v) is 23.6. The molecule has 3 rings (SSSR count). The Labute approximate surface area is 196 Å². The van der Waals surface area contributed by atoms with Gasteiger partial charge in [-0.15, -0.1) is 0 Å². The molecule has 164 valence electrons. The molecular weight excluding hydrogens is 581 g/mol. The standard InChI is InChI=1S/3C9H12O.Bi/c3*1-6-4-7(2)9(10)8(3)5-6;/h3*4-5,10H,1-3H3;/q;;;+3/p-3. The molecule has 0 amide bonds. The zero-order chi connectivity index (χ0) is 22.9. The molecule has 0 spiro atoms. The van der Waals surface area contributed by atoms with E-state index in [0.717, 1.165) is 50.6 Å². The van der Waals surface area contributed by atoms with Crippen LogP contribution in [0.15, 0.2) is 36.4 Å². The number of hydrogen-bond donors (Lipinski definition) is 0. The molecule has 0 atom stereocenters. The molecule has 0 unspecified atom stereocenters. The Morgan fingerprint density at radius 1 is 0.387 bits per heavy atom. The van der Waals surface area contributed by atoms with Crippen LogP contribution in [0.25, 0.3) is 0 Å². The van der Waals surface area contributed by atoms with Crippen molar-refractivity contribution in [3.8, 4) is 17.2 Å². The van der Waals surface area contributed by atoms with Crippen LogP contribution in [0.4, 0.5) is 0 Å². The molecular formula is C27H33BiO3. The fraction of sp³-hybridized carbons (Fsp3) is 0.333. The third kappa shape index (κ3) is 5.60. The van der Waals surface area contributed by atoms with E-state index >= 15 is 0 Å². The van der Waals surface area contributed by atoms with Crippen LogP contribution in [0.5, 0.6) is 17.2 Å². The van der Waals surface area contributed by atoms with Crippen LogP contribution in [0.3, 0.4) is 0 Å². The van der Waals surface area contributed by atoms with Crippen molar-refractivity contribution in [3.63, 3.8) is 0 Å². The van der Waals surface area contributed by atoms with Gasteiger partial charge in [0.2, 0.25) is 0 Å². The summed E-state index contributed by atoms with van der Waals surface area (Å²) in [5, 5.41) is 0. The Hall–Kier alpha value is -2.06. The molecule has 0 aliphatic heterocycles. The first kappa shape index (κ1) is 23.6. The molecule has 31 heavy (non-hydrogen) atoms. The van der Waals surface area contributed by atoms with Crippen molar-refractivity contribution in [2.24, 2.45) is 0 Å². The quantitative estimate of drug-likeness (QED) is 0.281. The van der Waals surface area contributed by atoms with Crippen LogP contribution in [-0.2, 0) is 0 Å². The molecule has 0 fully saturated rings. The fourth-order valence-electron chi connectivity index (χ4n) is 4.21. The van der Waals surface area contributed by atoms with E-state index in [-0.39, 0.29) is 0 Å². The minimum atomic E-state index is -3.43. The first-order chi connectivity index (χ1) is 14.5. The number of hydrogen-bond acceptors (Lipinski definition) is 3. The van der Waals surface area contributed by atoms with Crippen LogP contribution < -0.4 is 8.44 Å². The minimum absolute atomic E-state index is 0.883. The van der Waals surface area contributed by atoms with E-state index in [1.807, 2.05) is 0 Å². The van der Waals surface area contributed by atoms with Gasteiger partial charge in [-0.05, 0) is 0 Å². The third-order valence-corrected chi connectivity index (χ3v) is 9.18. The molecule has 3 nitrogen and oxygen atoms in total. The number of aryl methyl sites for hydroxylation is 9. The predicted octanol–water partition coefficient (Wildman–Crippen LogP) is 6.98. The Balaban J connectivity index is 2.02. The van der Waals surface area contributed by atoms with Crippen molar-refractivity contribution in [1.82, 2.24) is 0 Å². The maximum absolute atomic E-state index is 6.58. The Morgan fingerprint density at radius 2 is 0.581 bits per heavy atom. The van der Waals surface area contributed by atoms with E-state index in [0.29, 0.717) is 0 Å². The van der Waals surface area contributed by atoms with Crippen LogP contribution >= 0.6 is 0 Å². The van der Waals surface area contributed by atoms with E-state index < -0.39 is 23.1 Å². The summed E-state index contributed by atoms with van der Waals surface area (Å²) in [6.45, 7) is 18.8. The first-order valence-electron chi connectivity index (χ1n) is 10.6. The average Bonchev–Trinajstić information content (AvgIpc) is 2.63. The summed E-state index contributed by atoms with van der Waals surface area (Å²) in [7, 11) is 0. The van der Waals surface area contributed by atoms with Crippen molar-refractivity contribution in [3.05, 3.63) is 86.5 Å². The second-order valence-electron chi connectivity index (χ2n) is 8.68. The summed E-state index contributed by atoms with van der Waals surface area (Å²) in [4.78, 5) is 0. The summed E-state index contributed by atoms with van der Waals surface area (Å²) < 4.78 is 19.7. The first-order valence-corrected chi connectivity index (χ1v) is 14.9. The van der Waals surface area contributed by atoms with E-state index in [4.69, 9.17) is 8.44 Å². The Kier molecular flexibility index (Phi) is 7.32. The molecule has 0 bridgehead atoms. The average molecular weight is 615 g/mol. The summed E-state index contributed by atoms with van der Waals surface area (Å²) in [6.07, 6.45) is 0. The van der Waals surface area contributed by atoms with Crippen LogP contribution in [0.2, 0.25) is 0 Å². The van der Waals surface area contributed by atoms with Gasteiger partial charge in [-0.1, -0.05) is 0 Å². The van der Waals surface area contributed by atoms with Gasteiger partial charge in [-0.3, -0.25) is 0 Å². The van der Waals surface area contributed by atoms with Gasteiger partial charge < -0.3 is 0 Å². The van der Waals surface area contributed by atoms with Gasteiger partial charge >= 0.3 is 198 Å². The van der Waals surface area contributed by atoms with Crippen molar-refractivity contribution >= 4 is 23.1 Å². The van der Waals surface area contributed by atoms with Gasteiger partial charge in [0, 0.05) is 0 Å². The molecule has 0 heterocycles. The predicted molar refractivity (Wildman–Crippen MR) is 130 cm³/mol. The van der Waals surface area contributed by atoms with Gasteiger partial charge in [0.15, 0.2) is 0 Å². The Bertz CT molecular complexity index is 907. The van der Waals surface area contributed by atoms with Crippen LogP contribution in [-0.4, -0.2) is 23.1 Å². The summed E-state index contributed by atoms with van der Waals surface area (Å²) >= 11 is -3.43. The molecule has 0 radical (unpaired) electrons.